The van der Waals surface area contributed by atoms with Crippen LogP contribution in [0.5, 0.6) is 0 Å². The quantitative estimate of drug-likeness (QED) is 0.941. The van der Waals surface area contributed by atoms with Crippen LogP contribution in [0.2, 0.25) is 5.02 Å². The lowest BCUT2D eigenvalue weighted by Gasteiger charge is -2.17. The molecule has 2 aromatic rings. The van der Waals surface area contributed by atoms with Gasteiger partial charge in [-0.2, -0.15) is 0 Å². The maximum Gasteiger partial charge on any atom is 0.229 e. The number of amides is 2. The molecule has 0 saturated carbocycles. The lowest BCUT2D eigenvalue weighted by Crippen LogP contribution is -2.28. The predicted molar refractivity (Wildman–Crippen MR) is 89.5 cm³/mol. The van der Waals surface area contributed by atoms with Gasteiger partial charge in [0.15, 0.2) is 0 Å². The van der Waals surface area contributed by atoms with Crippen LogP contribution in [0.25, 0.3) is 0 Å². The van der Waals surface area contributed by atoms with Gasteiger partial charge in [0.1, 0.15) is 0 Å². The maximum atomic E-state index is 12.3. The first kappa shape index (κ1) is 15.5. The Kier molecular flexibility index (Phi) is 4.30. The van der Waals surface area contributed by atoms with Gasteiger partial charge in [-0.05, 0) is 36.8 Å². The van der Waals surface area contributed by atoms with Crippen LogP contribution in [0.1, 0.15) is 12.0 Å². The Morgan fingerprint density at radius 2 is 2.04 bits per heavy atom. The highest BCUT2D eigenvalue weighted by molar-refractivity contribution is 6.31. The second kappa shape index (κ2) is 6.38. The molecule has 0 spiro atoms. The minimum atomic E-state index is -0.379. The van der Waals surface area contributed by atoms with E-state index in [-0.39, 0.29) is 24.2 Å². The summed E-state index contributed by atoms with van der Waals surface area (Å²) in [5.41, 5.74) is 2.35. The van der Waals surface area contributed by atoms with E-state index < -0.39 is 0 Å². The molecule has 1 N–H and O–H groups in total. The van der Waals surface area contributed by atoms with Crippen molar-refractivity contribution in [3.8, 4) is 0 Å². The molecule has 5 nitrogen and oxygen atoms in total. The van der Waals surface area contributed by atoms with E-state index in [0.29, 0.717) is 17.3 Å². The van der Waals surface area contributed by atoms with Crippen molar-refractivity contribution in [1.82, 2.24) is 4.98 Å². The summed E-state index contributed by atoms with van der Waals surface area (Å²) in [6.45, 7) is 2.26. The molecule has 23 heavy (non-hydrogen) atoms. The van der Waals surface area contributed by atoms with E-state index in [2.05, 4.69) is 10.3 Å². The molecule has 1 aromatic carbocycles. The number of anilines is 2. The largest absolute Gasteiger partial charge is 0.326 e. The van der Waals surface area contributed by atoms with Crippen molar-refractivity contribution in [2.45, 2.75) is 13.3 Å². The minimum absolute atomic E-state index is 0.0696. The third kappa shape index (κ3) is 3.35. The maximum absolute atomic E-state index is 12.3. The van der Waals surface area contributed by atoms with E-state index >= 15 is 0 Å². The zero-order valence-electron chi connectivity index (χ0n) is 12.6. The average molecular weight is 330 g/mol. The van der Waals surface area contributed by atoms with Crippen molar-refractivity contribution in [2.24, 2.45) is 5.92 Å². The normalized spacial score (nSPS) is 17.4. The number of benzene rings is 1. The average Bonchev–Trinajstić information content (AvgIpc) is 2.93. The number of nitrogens with zero attached hydrogens (tertiary/aromatic N) is 2. The Bertz CT molecular complexity index is 749. The molecule has 3 rings (SSSR count). The van der Waals surface area contributed by atoms with Gasteiger partial charge in [0.25, 0.3) is 0 Å². The summed E-state index contributed by atoms with van der Waals surface area (Å²) >= 11 is 6.12. The van der Waals surface area contributed by atoms with Gasteiger partial charge in [-0.1, -0.05) is 17.7 Å². The van der Waals surface area contributed by atoms with E-state index in [0.717, 1.165) is 11.3 Å². The van der Waals surface area contributed by atoms with E-state index in [4.69, 9.17) is 11.6 Å². The standard InChI is InChI=1S/C17H16ClN3O2/c1-11-2-3-14(9-15(11)18)21-10-12(8-16(21)22)17(23)20-13-4-6-19-7-5-13/h2-7,9,12H,8,10H2,1H3,(H,19,20,23)/t12-/m0/s1. The Morgan fingerprint density at radius 1 is 1.30 bits per heavy atom. The second-order valence-electron chi connectivity index (χ2n) is 5.56. The van der Waals surface area contributed by atoms with Gasteiger partial charge < -0.3 is 10.2 Å². The first-order valence-electron chi connectivity index (χ1n) is 7.32. The highest BCUT2D eigenvalue weighted by Crippen LogP contribution is 2.29. The van der Waals surface area contributed by atoms with Crippen molar-refractivity contribution in [2.75, 3.05) is 16.8 Å². The molecule has 0 aliphatic carbocycles. The van der Waals surface area contributed by atoms with E-state index in [1.807, 2.05) is 19.1 Å². The lowest BCUT2D eigenvalue weighted by atomic mass is 10.1. The van der Waals surface area contributed by atoms with Crippen LogP contribution in [-0.4, -0.2) is 23.3 Å². The third-order valence-corrected chi connectivity index (χ3v) is 4.32. The van der Waals surface area contributed by atoms with Crippen LogP contribution in [0, 0.1) is 12.8 Å². The zero-order chi connectivity index (χ0) is 16.4. The number of carbonyl (C=O) groups is 2. The van der Waals surface area contributed by atoms with E-state index in [1.54, 1.807) is 35.5 Å². The second-order valence-corrected chi connectivity index (χ2v) is 5.97. The molecule has 1 aliphatic rings. The summed E-state index contributed by atoms with van der Waals surface area (Å²) in [7, 11) is 0. The molecule has 1 saturated heterocycles. The lowest BCUT2D eigenvalue weighted by molar-refractivity contribution is -0.122. The summed E-state index contributed by atoms with van der Waals surface area (Å²) in [6.07, 6.45) is 3.41. The summed E-state index contributed by atoms with van der Waals surface area (Å²) in [5, 5.41) is 3.42. The molecule has 1 aliphatic heterocycles. The number of rotatable bonds is 3. The Balaban J connectivity index is 1.71. The molecular formula is C17H16ClN3O2. The van der Waals surface area contributed by atoms with Crippen LogP contribution < -0.4 is 10.2 Å². The van der Waals surface area contributed by atoms with Gasteiger partial charge in [0, 0.05) is 41.8 Å². The first-order valence-corrected chi connectivity index (χ1v) is 7.70. The van der Waals surface area contributed by atoms with E-state index in [1.165, 1.54) is 0 Å². The van der Waals surface area contributed by atoms with Gasteiger partial charge in [-0.25, -0.2) is 0 Å². The molecule has 0 radical (unpaired) electrons. The van der Waals surface area contributed by atoms with Gasteiger partial charge in [-0.15, -0.1) is 0 Å². The minimum Gasteiger partial charge on any atom is -0.326 e. The first-order chi connectivity index (χ1) is 11.0. The molecule has 0 unspecified atom stereocenters. The number of aromatic nitrogens is 1. The third-order valence-electron chi connectivity index (χ3n) is 3.91. The topological polar surface area (TPSA) is 62.3 Å². The summed E-state index contributed by atoms with van der Waals surface area (Å²) < 4.78 is 0. The monoisotopic (exact) mass is 329 g/mol. The fraction of sp³-hybridized carbons (Fsp3) is 0.235. The SMILES string of the molecule is Cc1ccc(N2C[C@@H](C(=O)Nc3ccncc3)CC2=O)cc1Cl. The van der Waals surface area contributed by atoms with Crippen molar-refractivity contribution < 1.29 is 9.59 Å². The fourth-order valence-electron chi connectivity index (χ4n) is 2.56. The van der Waals surface area contributed by atoms with Crippen LogP contribution >= 0.6 is 11.6 Å². The highest BCUT2D eigenvalue weighted by Gasteiger charge is 2.35. The van der Waals surface area contributed by atoms with Gasteiger partial charge >= 0.3 is 0 Å². The van der Waals surface area contributed by atoms with Crippen molar-refractivity contribution in [3.05, 3.63) is 53.3 Å². The number of carbonyl (C=O) groups excluding carboxylic acids is 2. The summed E-state index contributed by atoms with van der Waals surface area (Å²) in [4.78, 5) is 30.1. The number of hydrogen-bond donors (Lipinski definition) is 1. The Labute approximate surface area is 139 Å². The van der Waals surface area contributed by atoms with Gasteiger partial charge in [-0.3, -0.25) is 14.6 Å². The molecule has 1 atom stereocenters. The molecule has 0 bridgehead atoms. The highest BCUT2D eigenvalue weighted by atomic mass is 35.5. The van der Waals surface area contributed by atoms with Gasteiger partial charge in [0.05, 0.1) is 5.92 Å². The smallest absolute Gasteiger partial charge is 0.229 e. The molecule has 1 aromatic heterocycles. The van der Waals surface area contributed by atoms with Crippen LogP contribution in [0.3, 0.4) is 0 Å². The fourth-order valence-corrected chi connectivity index (χ4v) is 2.74. The van der Waals surface area contributed by atoms with Crippen molar-refractivity contribution in [1.29, 1.82) is 0 Å². The number of hydrogen-bond acceptors (Lipinski definition) is 3. The van der Waals surface area contributed by atoms with Crippen LogP contribution in [0.4, 0.5) is 11.4 Å². The van der Waals surface area contributed by atoms with Crippen LogP contribution in [-0.2, 0) is 9.59 Å². The molecular weight excluding hydrogens is 314 g/mol. The van der Waals surface area contributed by atoms with Crippen molar-refractivity contribution in [3.63, 3.8) is 0 Å². The predicted octanol–water partition coefficient (Wildman–Crippen LogP) is 3.04. The number of aryl methyl sites for hydroxylation is 1. The molecule has 2 heterocycles. The zero-order valence-corrected chi connectivity index (χ0v) is 13.4. The van der Waals surface area contributed by atoms with E-state index in [9.17, 15) is 9.59 Å². The summed E-state index contributed by atoms with van der Waals surface area (Å²) in [5.74, 6) is -0.610. The molecule has 6 heteroatoms. The number of pyridine rings is 1. The summed E-state index contributed by atoms with van der Waals surface area (Å²) in [6, 6.07) is 8.91. The Hall–Kier alpha value is -2.40. The molecule has 1 fully saturated rings. The Morgan fingerprint density at radius 3 is 2.74 bits per heavy atom. The molecule has 118 valence electrons. The number of halogens is 1. The van der Waals surface area contributed by atoms with Crippen molar-refractivity contribution >= 4 is 34.8 Å². The van der Waals surface area contributed by atoms with Crippen LogP contribution in [0.15, 0.2) is 42.7 Å². The van der Waals surface area contributed by atoms with Gasteiger partial charge in [0.2, 0.25) is 11.8 Å². The molecule has 2 amide bonds. The number of nitrogens with one attached hydrogen (secondary N) is 1.